The number of thiazole rings is 1. The van der Waals surface area contributed by atoms with Crippen molar-refractivity contribution in [3.63, 3.8) is 0 Å². The zero-order valence-electron chi connectivity index (χ0n) is 11.4. The Bertz CT molecular complexity index is 472. The van der Waals surface area contributed by atoms with Gasteiger partial charge in [-0.2, -0.15) is 0 Å². The van der Waals surface area contributed by atoms with Gasteiger partial charge in [0, 0.05) is 16.9 Å². The molecule has 0 N–H and O–H groups in total. The van der Waals surface area contributed by atoms with Crippen molar-refractivity contribution in [1.82, 2.24) is 4.98 Å². The van der Waals surface area contributed by atoms with Gasteiger partial charge in [0.05, 0.1) is 11.2 Å². The minimum Gasteiger partial charge on any atom is -0.244 e. The van der Waals surface area contributed by atoms with Crippen LogP contribution in [0.2, 0.25) is 0 Å². The Hall–Kier alpha value is -1.15. The van der Waals surface area contributed by atoms with Crippen LogP contribution in [0.4, 0.5) is 0 Å². The molecule has 2 aromatic rings. The van der Waals surface area contributed by atoms with Gasteiger partial charge in [0.2, 0.25) is 0 Å². The highest BCUT2D eigenvalue weighted by Gasteiger charge is 2.20. The van der Waals surface area contributed by atoms with Crippen molar-refractivity contribution in [3.05, 3.63) is 39.7 Å². The standard InChI is InChI=1S/C11H9NS.2C2H6/c1-7-2-3-9-8(4-7)5-10-11(9)12-6-13-10;2*1-2/h2-4,6H,5H2,1H3;2*1-2H3. The lowest BCUT2D eigenvalue weighted by atomic mass is 10.1. The molecule has 1 heterocycles. The summed E-state index contributed by atoms with van der Waals surface area (Å²) in [7, 11) is 0. The van der Waals surface area contributed by atoms with Gasteiger partial charge >= 0.3 is 0 Å². The van der Waals surface area contributed by atoms with Gasteiger partial charge in [0.15, 0.2) is 0 Å². The smallest absolute Gasteiger partial charge is 0.0849 e. The van der Waals surface area contributed by atoms with Crippen LogP contribution in [0.5, 0.6) is 0 Å². The molecule has 0 amide bonds. The summed E-state index contributed by atoms with van der Waals surface area (Å²) in [6.07, 6.45) is 1.08. The summed E-state index contributed by atoms with van der Waals surface area (Å²) >= 11 is 1.76. The van der Waals surface area contributed by atoms with Crippen molar-refractivity contribution >= 4 is 11.3 Å². The lowest BCUT2D eigenvalue weighted by Crippen LogP contribution is -1.81. The van der Waals surface area contributed by atoms with Gasteiger partial charge in [-0.05, 0) is 12.5 Å². The highest BCUT2D eigenvalue weighted by molar-refractivity contribution is 7.10. The van der Waals surface area contributed by atoms with Crippen molar-refractivity contribution < 1.29 is 0 Å². The molecule has 1 aliphatic rings. The SMILES string of the molecule is CC.CC.Cc1ccc2c(c1)Cc1scnc1-2. The first-order chi connectivity index (χ1) is 8.34. The van der Waals surface area contributed by atoms with E-state index in [0.717, 1.165) is 6.42 Å². The van der Waals surface area contributed by atoms with E-state index < -0.39 is 0 Å². The molecule has 0 fully saturated rings. The van der Waals surface area contributed by atoms with E-state index in [-0.39, 0.29) is 0 Å². The van der Waals surface area contributed by atoms with Crippen molar-refractivity contribution in [2.45, 2.75) is 41.0 Å². The van der Waals surface area contributed by atoms with Gasteiger partial charge in [-0.15, -0.1) is 11.3 Å². The predicted octanol–water partition coefficient (Wildman–Crippen LogP) is 5.08. The second kappa shape index (κ2) is 6.55. The Morgan fingerprint density at radius 3 is 2.53 bits per heavy atom. The molecular formula is C15H21NS. The minimum atomic E-state index is 1.08. The number of hydrogen-bond acceptors (Lipinski definition) is 2. The van der Waals surface area contributed by atoms with Gasteiger partial charge in [0.1, 0.15) is 0 Å². The van der Waals surface area contributed by atoms with Gasteiger partial charge < -0.3 is 0 Å². The monoisotopic (exact) mass is 247 g/mol. The molecule has 1 nitrogen and oxygen atoms in total. The number of hydrogen-bond donors (Lipinski definition) is 0. The molecule has 3 rings (SSSR count). The Morgan fingerprint density at radius 2 is 1.82 bits per heavy atom. The first-order valence-electron chi connectivity index (χ1n) is 6.37. The average Bonchev–Trinajstić information content (AvgIpc) is 2.94. The van der Waals surface area contributed by atoms with Crippen LogP contribution < -0.4 is 0 Å². The Balaban J connectivity index is 0.000000330. The number of fused-ring (bicyclic) bond motifs is 3. The summed E-state index contributed by atoms with van der Waals surface area (Å²) in [4.78, 5) is 5.80. The van der Waals surface area contributed by atoms with E-state index in [0.29, 0.717) is 0 Å². The van der Waals surface area contributed by atoms with E-state index in [1.54, 1.807) is 11.3 Å². The van der Waals surface area contributed by atoms with Gasteiger partial charge in [-0.3, -0.25) is 0 Å². The first-order valence-corrected chi connectivity index (χ1v) is 7.25. The van der Waals surface area contributed by atoms with Gasteiger partial charge in [-0.25, -0.2) is 4.98 Å². The second-order valence-corrected chi connectivity index (χ2v) is 4.40. The van der Waals surface area contributed by atoms with E-state index in [1.807, 2.05) is 33.2 Å². The predicted molar refractivity (Wildman–Crippen MR) is 77.8 cm³/mol. The second-order valence-electron chi connectivity index (χ2n) is 3.46. The molecule has 1 aromatic carbocycles. The topological polar surface area (TPSA) is 12.9 Å². The minimum absolute atomic E-state index is 1.08. The molecule has 1 aromatic heterocycles. The summed E-state index contributed by atoms with van der Waals surface area (Å²) in [5.41, 5.74) is 7.26. The number of aromatic nitrogens is 1. The third-order valence-corrected chi connectivity index (χ3v) is 3.34. The van der Waals surface area contributed by atoms with E-state index >= 15 is 0 Å². The third kappa shape index (κ3) is 2.75. The molecule has 1 aliphatic carbocycles. The van der Waals surface area contributed by atoms with E-state index in [9.17, 15) is 0 Å². The van der Waals surface area contributed by atoms with Gasteiger partial charge in [0.25, 0.3) is 0 Å². The summed E-state index contributed by atoms with van der Waals surface area (Å²) < 4.78 is 0. The van der Waals surface area contributed by atoms with Crippen molar-refractivity contribution in [2.75, 3.05) is 0 Å². The molecule has 0 unspecified atom stereocenters. The van der Waals surface area contributed by atoms with Crippen molar-refractivity contribution in [3.8, 4) is 11.3 Å². The van der Waals surface area contributed by atoms with Crippen LogP contribution >= 0.6 is 11.3 Å². The van der Waals surface area contributed by atoms with Crippen molar-refractivity contribution in [2.24, 2.45) is 0 Å². The average molecular weight is 247 g/mol. The van der Waals surface area contributed by atoms with Gasteiger partial charge in [-0.1, -0.05) is 51.5 Å². The van der Waals surface area contributed by atoms with Crippen LogP contribution in [0.1, 0.15) is 43.7 Å². The maximum Gasteiger partial charge on any atom is 0.0849 e. The van der Waals surface area contributed by atoms with E-state index in [4.69, 9.17) is 0 Å². The zero-order chi connectivity index (χ0) is 12.8. The lowest BCUT2D eigenvalue weighted by molar-refractivity contribution is 1.28. The number of nitrogens with zero attached hydrogens (tertiary/aromatic N) is 1. The molecule has 0 spiro atoms. The molecule has 0 atom stereocenters. The maximum atomic E-state index is 4.39. The Labute approximate surface area is 109 Å². The van der Waals surface area contributed by atoms with Crippen LogP contribution in [-0.2, 0) is 6.42 Å². The fourth-order valence-electron chi connectivity index (χ4n) is 1.89. The summed E-state index contributed by atoms with van der Waals surface area (Å²) in [6, 6.07) is 6.62. The molecule has 0 saturated heterocycles. The lowest BCUT2D eigenvalue weighted by Gasteiger charge is -1.99. The highest BCUT2D eigenvalue weighted by Crippen LogP contribution is 2.37. The molecule has 0 saturated carbocycles. The molecule has 17 heavy (non-hydrogen) atoms. The molecule has 0 radical (unpaired) electrons. The molecular weight excluding hydrogens is 226 g/mol. The summed E-state index contributed by atoms with van der Waals surface area (Å²) in [5.74, 6) is 0. The number of benzene rings is 1. The fourth-order valence-corrected chi connectivity index (χ4v) is 2.69. The summed E-state index contributed by atoms with van der Waals surface area (Å²) in [6.45, 7) is 10.1. The molecule has 92 valence electrons. The zero-order valence-corrected chi connectivity index (χ0v) is 12.2. The third-order valence-electron chi connectivity index (χ3n) is 2.51. The van der Waals surface area contributed by atoms with Crippen LogP contribution in [0, 0.1) is 6.92 Å². The Kier molecular flexibility index (Phi) is 5.36. The molecule has 0 bridgehead atoms. The van der Waals surface area contributed by atoms with E-state index in [1.165, 1.54) is 27.3 Å². The summed E-state index contributed by atoms with van der Waals surface area (Å²) in [5, 5.41) is 0. The number of aryl methyl sites for hydroxylation is 1. The largest absolute Gasteiger partial charge is 0.244 e. The fraction of sp³-hybridized carbons (Fsp3) is 0.400. The normalized spacial score (nSPS) is 10.4. The van der Waals surface area contributed by atoms with Crippen LogP contribution in [-0.4, -0.2) is 4.98 Å². The molecule has 0 aliphatic heterocycles. The van der Waals surface area contributed by atoms with Crippen LogP contribution in [0.15, 0.2) is 23.7 Å². The first kappa shape index (κ1) is 13.9. The van der Waals surface area contributed by atoms with Crippen LogP contribution in [0.25, 0.3) is 11.3 Å². The Morgan fingerprint density at radius 1 is 1.12 bits per heavy atom. The highest BCUT2D eigenvalue weighted by atomic mass is 32.1. The van der Waals surface area contributed by atoms with Crippen LogP contribution in [0.3, 0.4) is 0 Å². The maximum absolute atomic E-state index is 4.39. The molecule has 2 heteroatoms. The quantitative estimate of drug-likeness (QED) is 0.540. The number of rotatable bonds is 0. The van der Waals surface area contributed by atoms with E-state index in [2.05, 4.69) is 30.1 Å². The van der Waals surface area contributed by atoms with Crippen molar-refractivity contribution in [1.29, 1.82) is 0 Å².